The average molecular weight is 780 g/mol. The summed E-state index contributed by atoms with van der Waals surface area (Å²) in [5.41, 5.74) is 2.45. The number of esters is 2. The van der Waals surface area contributed by atoms with Crippen molar-refractivity contribution in [2.24, 2.45) is 0 Å². The minimum atomic E-state index is -0.863. The molecule has 2 atom stereocenters. The molecular weight excluding hydrogens is 746 g/mol. The molecule has 4 rings (SSSR count). The summed E-state index contributed by atoms with van der Waals surface area (Å²) in [4.78, 5) is 25.8. The Labute approximate surface area is 267 Å². The number of halogens is 2. The molecule has 0 aliphatic rings. The molecule has 0 radical (unpaired) electrons. The van der Waals surface area contributed by atoms with Gasteiger partial charge in [0.15, 0.2) is 0 Å². The van der Waals surface area contributed by atoms with Crippen molar-refractivity contribution in [3.05, 3.63) is 83.4 Å². The number of aromatic hydroxyl groups is 2. The fraction of sp³-hybridized carbons (Fsp3) is 0.333. The third-order valence-corrected chi connectivity index (χ3v) is 10.4. The molecule has 41 heavy (non-hydrogen) atoms. The van der Waals surface area contributed by atoms with Crippen molar-refractivity contribution in [1.82, 2.24) is 0 Å². The number of alkyl halides is 2. The number of phenolic OH excluding ortho intramolecular Hbond substituents is 2. The van der Waals surface area contributed by atoms with Gasteiger partial charge in [0, 0.05) is 23.6 Å². The molecule has 0 saturated heterocycles. The fourth-order valence-corrected chi connectivity index (χ4v) is 5.48. The van der Waals surface area contributed by atoms with Crippen molar-refractivity contribution >= 4 is 78.7 Å². The highest BCUT2D eigenvalue weighted by Gasteiger charge is 2.36. The summed E-state index contributed by atoms with van der Waals surface area (Å²) in [6.45, 7) is 6.05. The molecule has 0 amide bonds. The van der Waals surface area contributed by atoms with Crippen molar-refractivity contribution in [1.29, 1.82) is 0 Å². The first kappa shape index (κ1) is 31.3. The largest absolute Gasteiger partial charge is 0.507 e. The molecule has 0 fully saturated rings. The van der Waals surface area contributed by atoms with Gasteiger partial charge in [0.25, 0.3) is 0 Å². The summed E-state index contributed by atoms with van der Waals surface area (Å²) in [5.74, 6) is -0.266. The van der Waals surface area contributed by atoms with E-state index in [0.717, 1.165) is 27.3 Å². The number of hydrogen-bond donors (Lipinski definition) is 2. The molecule has 216 valence electrons. The van der Waals surface area contributed by atoms with Gasteiger partial charge in [-0.2, -0.15) is 0 Å². The third kappa shape index (κ3) is 6.90. The van der Waals surface area contributed by atoms with Crippen LogP contribution in [-0.4, -0.2) is 35.6 Å². The van der Waals surface area contributed by atoms with Gasteiger partial charge < -0.3 is 19.7 Å². The van der Waals surface area contributed by atoms with E-state index in [1.165, 1.54) is 0 Å². The van der Waals surface area contributed by atoms with Gasteiger partial charge in [0.1, 0.15) is 24.9 Å². The lowest BCUT2D eigenvalue weighted by molar-refractivity contribution is -0.147. The number of phenols is 2. The maximum atomic E-state index is 13.3. The van der Waals surface area contributed by atoms with E-state index in [1.54, 1.807) is 12.1 Å². The van der Waals surface area contributed by atoms with Gasteiger partial charge in [-0.15, -0.1) is 0 Å². The zero-order valence-corrected chi connectivity index (χ0v) is 27.7. The quantitative estimate of drug-likeness (QED) is 0.0913. The normalized spacial score (nSPS) is 14.4. The summed E-state index contributed by atoms with van der Waals surface area (Å²) >= 11 is 4.25. The third-order valence-electron chi connectivity index (χ3n) is 7.65. The monoisotopic (exact) mass is 780 g/mol. The predicted octanol–water partition coefficient (Wildman–Crippen LogP) is 7.96. The number of carbonyl (C=O) groups is 2. The zero-order chi connectivity index (χ0) is 29.8. The Bertz CT molecular complexity index is 1580. The van der Waals surface area contributed by atoms with Crippen LogP contribution in [0.3, 0.4) is 0 Å². The van der Waals surface area contributed by atoms with Crippen molar-refractivity contribution in [3.8, 4) is 11.5 Å². The minimum Gasteiger partial charge on any atom is -0.507 e. The van der Waals surface area contributed by atoms with Crippen LogP contribution < -0.4 is 0 Å². The molecular formula is C33H34I2O6. The first-order valence-electron chi connectivity index (χ1n) is 13.6. The topological polar surface area (TPSA) is 93.1 Å². The lowest BCUT2D eigenvalue weighted by Crippen LogP contribution is -2.36. The van der Waals surface area contributed by atoms with E-state index in [0.29, 0.717) is 36.6 Å². The maximum Gasteiger partial charge on any atom is 0.322 e. The summed E-state index contributed by atoms with van der Waals surface area (Å²) in [6.07, 6.45) is 2.01. The molecule has 0 aliphatic carbocycles. The second kappa shape index (κ2) is 13.1. The summed E-state index contributed by atoms with van der Waals surface area (Å²) in [7, 11) is 0. The van der Waals surface area contributed by atoms with Crippen molar-refractivity contribution in [2.75, 3.05) is 6.61 Å². The van der Waals surface area contributed by atoms with E-state index in [2.05, 4.69) is 45.2 Å². The summed E-state index contributed by atoms with van der Waals surface area (Å²) < 4.78 is 9.89. The first-order chi connectivity index (χ1) is 19.5. The van der Waals surface area contributed by atoms with Gasteiger partial charge in [-0.1, -0.05) is 120 Å². The van der Waals surface area contributed by atoms with E-state index in [9.17, 15) is 19.8 Å². The number of benzene rings is 4. The number of ether oxygens (including phenoxy) is 2. The van der Waals surface area contributed by atoms with Crippen LogP contribution in [-0.2, 0) is 38.5 Å². The van der Waals surface area contributed by atoms with Gasteiger partial charge >= 0.3 is 11.9 Å². The van der Waals surface area contributed by atoms with E-state index >= 15 is 0 Å². The van der Waals surface area contributed by atoms with Crippen LogP contribution in [0.5, 0.6) is 11.5 Å². The highest BCUT2D eigenvalue weighted by molar-refractivity contribution is 14.1. The molecule has 0 bridgehead atoms. The lowest BCUT2D eigenvalue weighted by Gasteiger charge is -2.25. The Kier molecular flexibility index (Phi) is 10.0. The van der Waals surface area contributed by atoms with Gasteiger partial charge in [-0.25, -0.2) is 0 Å². The average Bonchev–Trinajstić information content (AvgIpc) is 2.97. The molecule has 0 aliphatic heterocycles. The predicted molar refractivity (Wildman–Crippen MR) is 179 cm³/mol. The van der Waals surface area contributed by atoms with Crippen molar-refractivity contribution in [3.63, 3.8) is 0 Å². The second-order valence-electron chi connectivity index (χ2n) is 10.4. The number of fused-ring (bicyclic) bond motifs is 2. The van der Waals surface area contributed by atoms with Crippen LogP contribution in [0.4, 0.5) is 0 Å². The van der Waals surface area contributed by atoms with Crippen LogP contribution in [0.15, 0.2) is 66.7 Å². The first-order valence-corrected chi connectivity index (χ1v) is 15.8. The van der Waals surface area contributed by atoms with Crippen LogP contribution in [0.1, 0.15) is 50.3 Å². The van der Waals surface area contributed by atoms with Gasteiger partial charge in [0.2, 0.25) is 0 Å². The highest BCUT2D eigenvalue weighted by Crippen LogP contribution is 2.37. The Morgan fingerprint density at radius 3 is 2.07 bits per heavy atom. The minimum absolute atomic E-state index is 0.112. The van der Waals surface area contributed by atoms with Crippen LogP contribution in [0.2, 0.25) is 0 Å². The Balaban J connectivity index is 1.47. The Morgan fingerprint density at radius 1 is 0.732 bits per heavy atom. The van der Waals surface area contributed by atoms with Crippen molar-refractivity contribution in [2.45, 2.75) is 59.9 Å². The molecule has 4 aromatic carbocycles. The number of carbonyl (C=O) groups excluding carboxylic acids is 2. The standard InChI is InChI=1S/C33H34I2O6/c1-4-32(3,34)30(38)41-20-23-10-7-13-27-25(23)16-15-22(29(27)37)19-33(35,5-2)31(39)40-18-17-21-9-6-12-26-24(21)11-8-14-28(26)36/h6-16,36-37H,4-5,17-20H2,1-3H3. The Hall–Kier alpha value is -2.60. The van der Waals surface area contributed by atoms with E-state index in [-0.39, 0.29) is 36.7 Å². The molecule has 2 unspecified atom stereocenters. The van der Waals surface area contributed by atoms with E-state index in [4.69, 9.17) is 9.47 Å². The SMILES string of the molecule is CCC(C)(I)C(=O)OCc1cccc2c(O)c(CC(I)(CC)C(=O)OCCc3cccc4c(O)cccc34)ccc12. The second-order valence-corrected chi connectivity index (χ2v) is 14.8. The fourth-order valence-electron chi connectivity index (χ4n) is 4.76. The molecule has 4 aromatic rings. The Morgan fingerprint density at radius 2 is 1.37 bits per heavy atom. The van der Waals surface area contributed by atoms with E-state index < -0.39 is 6.84 Å². The lowest BCUT2D eigenvalue weighted by atomic mass is 9.93. The van der Waals surface area contributed by atoms with Gasteiger partial charge in [0.05, 0.1) is 6.61 Å². The molecule has 8 heteroatoms. The van der Waals surface area contributed by atoms with E-state index in [1.807, 2.05) is 75.4 Å². The van der Waals surface area contributed by atoms with Gasteiger partial charge in [-0.3, -0.25) is 9.59 Å². The molecule has 0 saturated carbocycles. The highest BCUT2D eigenvalue weighted by atomic mass is 127. The number of hydrogen-bond acceptors (Lipinski definition) is 6. The molecule has 0 spiro atoms. The molecule has 2 N–H and O–H groups in total. The molecule has 6 nitrogen and oxygen atoms in total. The molecule has 0 aromatic heterocycles. The van der Waals surface area contributed by atoms with Gasteiger partial charge in [-0.05, 0) is 53.3 Å². The van der Waals surface area contributed by atoms with Crippen LogP contribution in [0, 0.1) is 0 Å². The smallest absolute Gasteiger partial charge is 0.322 e. The summed E-state index contributed by atoms with van der Waals surface area (Å²) in [5, 5.41) is 24.5. The molecule has 0 heterocycles. The summed E-state index contributed by atoms with van der Waals surface area (Å²) in [6, 6.07) is 20.4. The van der Waals surface area contributed by atoms with Crippen LogP contribution >= 0.6 is 45.2 Å². The zero-order valence-electron chi connectivity index (χ0n) is 23.4. The van der Waals surface area contributed by atoms with Crippen LogP contribution in [0.25, 0.3) is 21.5 Å². The van der Waals surface area contributed by atoms with Crippen molar-refractivity contribution < 1.29 is 29.3 Å². The maximum absolute atomic E-state index is 13.3. The number of rotatable bonds is 11.